The Hall–Kier alpha value is -1.65. The van der Waals surface area contributed by atoms with Crippen LogP contribution in [0.25, 0.3) is 0 Å². The number of piperidine rings is 1. The summed E-state index contributed by atoms with van der Waals surface area (Å²) in [5, 5.41) is 0. The Morgan fingerprint density at radius 1 is 1.15 bits per heavy atom. The van der Waals surface area contributed by atoms with Crippen LogP contribution in [0, 0.1) is 11.8 Å². The molecule has 2 atom stereocenters. The second kappa shape index (κ2) is 7.06. The van der Waals surface area contributed by atoms with E-state index in [1.165, 1.54) is 29.6 Å². The quantitative estimate of drug-likeness (QED) is 0.736. The van der Waals surface area contributed by atoms with E-state index in [9.17, 15) is 21.6 Å². The lowest BCUT2D eigenvalue weighted by molar-refractivity contribution is -0.116. The standard InChI is InChI=1S/C17H24N2O6S2/c1-12-8-13(2)11-18(10-12)27(23,24)16-9-14(4-5-15(16)25-3)19-17(20)6-7-26(19,21)22/h4-5,9,12-13H,6-8,10-11H2,1-3H3/t12-,13+. The minimum absolute atomic E-state index is 0.0231. The van der Waals surface area contributed by atoms with Crippen molar-refractivity contribution in [2.75, 3.05) is 30.3 Å². The highest BCUT2D eigenvalue weighted by Crippen LogP contribution is 2.35. The monoisotopic (exact) mass is 416 g/mol. The number of amides is 1. The Morgan fingerprint density at radius 3 is 2.30 bits per heavy atom. The van der Waals surface area contributed by atoms with E-state index in [0.29, 0.717) is 17.4 Å². The highest BCUT2D eigenvalue weighted by atomic mass is 32.2. The first-order valence-corrected chi connectivity index (χ1v) is 11.8. The molecule has 0 N–H and O–H groups in total. The van der Waals surface area contributed by atoms with E-state index in [1.54, 1.807) is 0 Å². The predicted octanol–water partition coefficient (Wildman–Crippen LogP) is 1.43. The van der Waals surface area contributed by atoms with E-state index < -0.39 is 26.0 Å². The molecule has 27 heavy (non-hydrogen) atoms. The van der Waals surface area contributed by atoms with Gasteiger partial charge < -0.3 is 4.74 Å². The molecule has 2 aliphatic heterocycles. The van der Waals surface area contributed by atoms with Crippen LogP contribution in [0.3, 0.4) is 0 Å². The van der Waals surface area contributed by atoms with Crippen molar-refractivity contribution < 1.29 is 26.4 Å². The highest BCUT2D eigenvalue weighted by Gasteiger charge is 2.38. The third-order valence-corrected chi connectivity index (χ3v) is 8.46. The van der Waals surface area contributed by atoms with Gasteiger partial charge in [-0.05, 0) is 36.5 Å². The van der Waals surface area contributed by atoms with Crippen LogP contribution in [0.15, 0.2) is 23.1 Å². The molecule has 2 heterocycles. The van der Waals surface area contributed by atoms with Crippen molar-refractivity contribution in [2.45, 2.75) is 31.6 Å². The largest absolute Gasteiger partial charge is 0.495 e. The fourth-order valence-electron chi connectivity index (χ4n) is 3.80. The Labute approximate surface area is 160 Å². The number of methoxy groups -OCH3 is 1. The van der Waals surface area contributed by atoms with Gasteiger partial charge in [-0.15, -0.1) is 0 Å². The van der Waals surface area contributed by atoms with Gasteiger partial charge in [0.15, 0.2) is 0 Å². The molecule has 2 aliphatic rings. The Morgan fingerprint density at radius 2 is 1.78 bits per heavy atom. The first-order valence-electron chi connectivity index (χ1n) is 8.80. The van der Waals surface area contributed by atoms with E-state index in [-0.39, 0.29) is 40.3 Å². The predicted molar refractivity (Wildman–Crippen MR) is 101 cm³/mol. The third kappa shape index (κ3) is 3.70. The number of hydrogen-bond donors (Lipinski definition) is 0. The number of carbonyl (C=O) groups is 1. The molecule has 0 spiro atoms. The number of hydrogen-bond acceptors (Lipinski definition) is 6. The molecule has 0 bridgehead atoms. The maximum absolute atomic E-state index is 13.3. The molecule has 3 rings (SSSR count). The molecule has 0 aliphatic carbocycles. The SMILES string of the molecule is COc1ccc(N2C(=O)CCS2(=O)=O)cc1S(=O)(=O)N1C[C@H](C)C[C@H](C)C1. The van der Waals surface area contributed by atoms with Crippen molar-refractivity contribution in [3.63, 3.8) is 0 Å². The first kappa shape index (κ1) is 20.1. The molecule has 1 aromatic rings. The Kier molecular flexibility index (Phi) is 5.26. The molecule has 10 heteroatoms. The first-order chi connectivity index (χ1) is 12.6. The number of benzene rings is 1. The molecule has 0 radical (unpaired) electrons. The van der Waals surface area contributed by atoms with Crippen LogP contribution in [0.5, 0.6) is 5.75 Å². The average molecular weight is 417 g/mol. The maximum Gasteiger partial charge on any atom is 0.246 e. The summed E-state index contributed by atoms with van der Waals surface area (Å²) in [6, 6.07) is 4.00. The molecule has 2 fully saturated rings. The molecule has 150 valence electrons. The van der Waals surface area contributed by atoms with E-state index >= 15 is 0 Å². The van der Waals surface area contributed by atoms with Crippen LogP contribution in [-0.2, 0) is 24.8 Å². The molecule has 1 aromatic carbocycles. The summed E-state index contributed by atoms with van der Waals surface area (Å²) in [4.78, 5) is 11.9. The van der Waals surface area contributed by atoms with Crippen molar-refractivity contribution in [2.24, 2.45) is 11.8 Å². The zero-order valence-corrected chi connectivity index (χ0v) is 17.2. The summed E-state index contributed by atoms with van der Waals surface area (Å²) in [6.07, 6.45) is 0.835. The normalized spacial score (nSPS) is 26.3. The molecule has 8 nitrogen and oxygen atoms in total. The van der Waals surface area contributed by atoms with E-state index in [0.717, 1.165) is 6.42 Å². The van der Waals surface area contributed by atoms with Crippen molar-refractivity contribution >= 4 is 31.6 Å². The number of rotatable bonds is 4. The smallest absolute Gasteiger partial charge is 0.246 e. The average Bonchev–Trinajstić information content (AvgIpc) is 2.86. The number of anilines is 1. The summed E-state index contributed by atoms with van der Waals surface area (Å²) >= 11 is 0. The second-order valence-corrected chi connectivity index (χ2v) is 11.2. The van der Waals surface area contributed by atoms with Crippen molar-refractivity contribution in [1.29, 1.82) is 0 Å². The fraction of sp³-hybridized carbons (Fsp3) is 0.588. The van der Waals surface area contributed by atoms with Crippen LogP contribution in [0.4, 0.5) is 5.69 Å². The minimum atomic E-state index is -3.90. The molecule has 2 saturated heterocycles. The Bertz CT molecular complexity index is 948. The summed E-state index contributed by atoms with van der Waals surface area (Å²) in [6.45, 7) is 4.78. The number of nitrogens with zero attached hydrogens (tertiary/aromatic N) is 2. The molecule has 0 aromatic heterocycles. The fourth-order valence-corrected chi connectivity index (χ4v) is 7.11. The van der Waals surface area contributed by atoms with E-state index in [1.807, 2.05) is 13.8 Å². The zero-order valence-electron chi connectivity index (χ0n) is 15.6. The summed E-state index contributed by atoms with van der Waals surface area (Å²) in [5.41, 5.74) is 0.0231. The van der Waals surface area contributed by atoms with Gasteiger partial charge in [-0.3, -0.25) is 4.79 Å². The van der Waals surface area contributed by atoms with Gasteiger partial charge in [-0.25, -0.2) is 21.1 Å². The van der Waals surface area contributed by atoms with Crippen molar-refractivity contribution in [1.82, 2.24) is 4.31 Å². The van der Waals surface area contributed by atoms with Gasteiger partial charge in [0.05, 0.1) is 18.6 Å². The van der Waals surface area contributed by atoms with Gasteiger partial charge in [0, 0.05) is 19.5 Å². The lowest BCUT2D eigenvalue weighted by Crippen LogP contribution is -2.42. The Balaban J connectivity index is 2.08. The van der Waals surface area contributed by atoms with Crippen LogP contribution >= 0.6 is 0 Å². The summed E-state index contributed by atoms with van der Waals surface area (Å²) in [5.74, 6) is -0.282. The molecular weight excluding hydrogens is 392 g/mol. The molecule has 1 amide bonds. The topological polar surface area (TPSA) is 101 Å². The lowest BCUT2D eigenvalue weighted by atomic mass is 9.94. The molecule has 0 unspecified atom stereocenters. The van der Waals surface area contributed by atoms with Gasteiger partial charge in [-0.1, -0.05) is 13.8 Å². The zero-order chi connectivity index (χ0) is 20.0. The summed E-state index contributed by atoms with van der Waals surface area (Å²) < 4.78 is 58.2. The van der Waals surface area contributed by atoms with Gasteiger partial charge in [0.2, 0.25) is 26.0 Å². The second-order valence-electron chi connectivity index (χ2n) is 7.33. The number of ether oxygens (including phenoxy) is 1. The third-order valence-electron chi connectivity index (χ3n) is 4.91. The number of carbonyl (C=O) groups excluding carboxylic acids is 1. The van der Waals surface area contributed by atoms with Gasteiger partial charge in [0.1, 0.15) is 10.6 Å². The van der Waals surface area contributed by atoms with E-state index in [2.05, 4.69) is 0 Å². The molecular formula is C17H24N2O6S2. The minimum Gasteiger partial charge on any atom is -0.495 e. The van der Waals surface area contributed by atoms with E-state index in [4.69, 9.17) is 4.74 Å². The van der Waals surface area contributed by atoms with Crippen LogP contribution in [0.1, 0.15) is 26.7 Å². The van der Waals surface area contributed by atoms with Crippen LogP contribution in [-0.4, -0.2) is 53.0 Å². The maximum atomic E-state index is 13.3. The van der Waals surface area contributed by atoms with Crippen molar-refractivity contribution in [3.05, 3.63) is 18.2 Å². The van der Waals surface area contributed by atoms with Gasteiger partial charge in [-0.2, -0.15) is 4.31 Å². The van der Waals surface area contributed by atoms with Gasteiger partial charge >= 0.3 is 0 Å². The molecule has 0 saturated carbocycles. The summed E-state index contributed by atoms with van der Waals surface area (Å²) in [7, 11) is -6.33. The van der Waals surface area contributed by atoms with Crippen LogP contribution < -0.4 is 9.04 Å². The number of sulfonamides is 2. The van der Waals surface area contributed by atoms with Crippen molar-refractivity contribution in [3.8, 4) is 5.75 Å². The van der Waals surface area contributed by atoms with Gasteiger partial charge in [0.25, 0.3) is 0 Å². The highest BCUT2D eigenvalue weighted by molar-refractivity contribution is 7.94. The van der Waals surface area contributed by atoms with Crippen LogP contribution in [0.2, 0.25) is 0 Å². The lowest BCUT2D eigenvalue weighted by Gasteiger charge is -2.34.